The summed E-state index contributed by atoms with van der Waals surface area (Å²) in [6.45, 7) is 4.67. The van der Waals surface area contributed by atoms with Gasteiger partial charge in [0, 0.05) is 6.07 Å². The van der Waals surface area contributed by atoms with Crippen LogP contribution in [0.15, 0.2) is 36.4 Å². The van der Waals surface area contributed by atoms with Crippen molar-refractivity contribution in [1.29, 1.82) is 0 Å². The number of hydrogen-bond donors (Lipinski definition) is 1. The Morgan fingerprint density at radius 1 is 1.19 bits per heavy atom. The molecule has 0 aliphatic carbocycles. The van der Waals surface area contributed by atoms with Gasteiger partial charge in [0.2, 0.25) is 15.9 Å². The van der Waals surface area contributed by atoms with Crippen molar-refractivity contribution in [3.8, 4) is 0 Å². The summed E-state index contributed by atoms with van der Waals surface area (Å²) >= 11 is 0. The minimum atomic E-state index is -3.71. The number of nitrogens with zero attached hydrogens (tertiary/aromatic N) is 2. The Hall–Kier alpha value is -2.94. The van der Waals surface area contributed by atoms with E-state index in [4.69, 9.17) is 0 Å². The molecule has 0 atom stereocenters. The summed E-state index contributed by atoms with van der Waals surface area (Å²) in [5.41, 5.74) is 2.44. The van der Waals surface area contributed by atoms with Crippen molar-refractivity contribution in [1.82, 2.24) is 0 Å². The fourth-order valence-electron chi connectivity index (χ4n) is 2.65. The lowest BCUT2D eigenvalue weighted by molar-refractivity contribution is -0.385. The van der Waals surface area contributed by atoms with E-state index in [-0.39, 0.29) is 11.4 Å². The summed E-state index contributed by atoms with van der Waals surface area (Å²) in [7, 11) is -3.71. The largest absolute Gasteiger partial charge is 0.324 e. The molecule has 0 aliphatic rings. The molecule has 2 aromatic rings. The van der Waals surface area contributed by atoms with Crippen LogP contribution >= 0.6 is 0 Å². The quantitative estimate of drug-likeness (QED) is 0.601. The molecular weight excluding hydrogens is 370 g/mol. The van der Waals surface area contributed by atoms with Gasteiger partial charge in [0.05, 0.1) is 28.1 Å². The van der Waals surface area contributed by atoms with Crippen molar-refractivity contribution in [3.05, 3.63) is 63.2 Å². The fourth-order valence-corrected chi connectivity index (χ4v) is 3.55. The highest BCUT2D eigenvalue weighted by molar-refractivity contribution is 7.92. The van der Waals surface area contributed by atoms with Crippen LogP contribution in [-0.2, 0) is 14.8 Å². The van der Waals surface area contributed by atoms with Crippen LogP contribution in [0.3, 0.4) is 0 Å². The number of carbonyl (C=O) groups is 1. The maximum Gasteiger partial charge on any atom is 0.274 e. The molecule has 27 heavy (non-hydrogen) atoms. The zero-order valence-corrected chi connectivity index (χ0v) is 16.3. The predicted molar refractivity (Wildman–Crippen MR) is 105 cm³/mol. The number of aryl methyl sites for hydroxylation is 2. The van der Waals surface area contributed by atoms with Crippen LogP contribution in [0.1, 0.15) is 16.7 Å². The number of sulfonamides is 1. The molecule has 0 saturated heterocycles. The number of nitro benzene ring substituents is 1. The van der Waals surface area contributed by atoms with E-state index in [0.29, 0.717) is 16.8 Å². The number of nitro groups is 1. The Morgan fingerprint density at radius 3 is 2.44 bits per heavy atom. The molecule has 1 amide bonds. The SMILES string of the molecule is Cc1ccc(C)c(N(CC(=O)Nc2cccc([N+](=O)[O-])c2C)S(C)(=O)=O)c1. The first kappa shape index (κ1) is 20.4. The Morgan fingerprint density at radius 2 is 1.85 bits per heavy atom. The molecule has 2 rings (SSSR count). The summed E-state index contributed by atoms with van der Waals surface area (Å²) in [6, 6.07) is 9.66. The van der Waals surface area contributed by atoms with E-state index in [1.807, 2.05) is 13.0 Å². The van der Waals surface area contributed by atoms with Crippen LogP contribution in [0.2, 0.25) is 0 Å². The van der Waals surface area contributed by atoms with Crippen LogP contribution in [0.5, 0.6) is 0 Å². The number of amides is 1. The van der Waals surface area contributed by atoms with Crippen LogP contribution in [0.25, 0.3) is 0 Å². The average Bonchev–Trinajstić information content (AvgIpc) is 2.55. The first-order valence-corrected chi connectivity index (χ1v) is 9.94. The normalized spacial score (nSPS) is 11.1. The average molecular weight is 391 g/mol. The van der Waals surface area contributed by atoms with Gasteiger partial charge in [0.1, 0.15) is 6.54 Å². The number of carbonyl (C=O) groups excluding carboxylic acids is 1. The number of anilines is 2. The van der Waals surface area contributed by atoms with E-state index in [2.05, 4.69) is 5.32 Å². The molecule has 0 aromatic heterocycles. The molecule has 0 heterocycles. The molecule has 0 saturated carbocycles. The third-order valence-electron chi connectivity index (χ3n) is 4.10. The van der Waals surface area contributed by atoms with E-state index in [9.17, 15) is 23.3 Å². The monoisotopic (exact) mass is 391 g/mol. The summed E-state index contributed by atoms with van der Waals surface area (Å²) in [5.74, 6) is -0.593. The van der Waals surface area contributed by atoms with Crippen molar-refractivity contribution in [3.63, 3.8) is 0 Å². The lowest BCUT2D eigenvalue weighted by Crippen LogP contribution is -2.38. The molecule has 144 valence electrons. The van der Waals surface area contributed by atoms with Crippen molar-refractivity contribution in [2.75, 3.05) is 22.4 Å². The fraction of sp³-hybridized carbons (Fsp3) is 0.278. The summed E-state index contributed by atoms with van der Waals surface area (Å²) < 4.78 is 25.5. The zero-order valence-electron chi connectivity index (χ0n) is 15.5. The summed E-state index contributed by atoms with van der Waals surface area (Å²) in [6.07, 6.45) is 1.03. The highest BCUT2D eigenvalue weighted by Gasteiger charge is 2.23. The lowest BCUT2D eigenvalue weighted by atomic mass is 10.1. The molecule has 0 fully saturated rings. The Bertz CT molecular complexity index is 1000. The highest BCUT2D eigenvalue weighted by Crippen LogP contribution is 2.26. The number of benzene rings is 2. The van der Waals surface area contributed by atoms with Crippen molar-refractivity contribution >= 4 is 33.0 Å². The van der Waals surface area contributed by atoms with Gasteiger partial charge >= 0.3 is 0 Å². The first-order chi connectivity index (χ1) is 12.5. The van der Waals surface area contributed by atoms with Crippen LogP contribution < -0.4 is 9.62 Å². The minimum absolute atomic E-state index is 0.123. The molecule has 9 heteroatoms. The lowest BCUT2D eigenvalue weighted by Gasteiger charge is -2.24. The van der Waals surface area contributed by atoms with E-state index < -0.39 is 27.4 Å². The van der Waals surface area contributed by atoms with Crippen LogP contribution in [-0.4, -0.2) is 32.0 Å². The highest BCUT2D eigenvalue weighted by atomic mass is 32.2. The maximum atomic E-state index is 12.5. The van der Waals surface area contributed by atoms with E-state index in [1.54, 1.807) is 19.1 Å². The van der Waals surface area contributed by atoms with Crippen molar-refractivity contribution < 1.29 is 18.1 Å². The second-order valence-corrected chi connectivity index (χ2v) is 8.22. The Kier molecular flexibility index (Phi) is 5.85. The molecule has 8 nitrogen and oxygen atoms in total. The number of nitrogens with one attached hydrogen (secondary N) is 1. The number of hydrogen-bond acceptors (Lipinski definition) is 5. The third kappa shape index (κ3) is 4.82. The van der Waals surface area contributed by atoms with Gasteiger partial charge in [-0.25, -0.2) is 8.42 Å². The second kappa shape index (κ2) is 7.75. The van der Waals surface area contributed by atoms with Gasteiger partial charge in [-0.2, -0.15) is 0 Å². The Balaban J connectivity index is 2.32. The van der Waals surface area contributed by atoms with Gasteiger partial charge in [-0.3, -0.25) is 19.2 Å². The van der Waals surface area contributed by atoms with Gasteiger partial charge < -0.3 is 5.32 Å². The minimum Gasteiger partial charge on any atom is -0.324 e. The van der Waals surface area contributed by atoms with E-state index >= 15 is 0 Å². The van der Waals surface area contributed by atoms with Gasteiger partial charge in [-0.15, -0.1) is 0 Å². The second-order valence-electron chi connectivity index (χ2n) is 6.31. The molecular formula is C18H21N3O5S. The predicted octanol–water partition coefficient (Wildman–Crippen LogP) is 2.92. The standard InChI is InChI=1S/C18H21N3O5S/c1-12-8-9-13(2)17(10-12)20(27(4,25)26)11-18(22)19-15-6-5-7-16(14(15)3)21(23)24/h5-10H,11H2,1-4H3,(H,19,22). The number of rotatable bonds is 6. The third-order valence-corrected chi connectivity index (χ3v) is 5.22. The molecule has 2 aromatic carbocycles. The smallest absolute Gasteiger partial charge is 0.274 e. The molecule has 0 radical (unpaired) electrons. The Labute approximate surface area is 158 Å². The molecule has 0 bridgehead atoms. The molecule has 1 N–H and O–H groups in total. The zero-order chi connectivity index (χ0) is 20.4. The van der Waals surface area contributed by atoms with Gasteiger partial charge in [-0.1, -0.05) is 18.2 Å². The summed E-state index contributed by atoms with van der Waals surface area (Å²) in [4.78, 5) is 23.0. The molecule has 0 aliphatic heterocycles. The van der Waals surface area contributed by atoms with E-state index in [0.717, 1.165) is 16.1 Å². The van der Waals surface area contributed by atoms with E-state index in [1.165, 1.54) is 25.1 Å². The molecule has 0 spiro atoms. The molecule has 0 unspecified atom stereocenters. The van der Waals surface area contributed by atoms with Gasteiger partial charge in [-0.05, 0) is 44.0 Å². The summed E-state index contributed by atoms with van der Waals surface area (Å²) in [5, 5.41) is 13.6. The van der Waals surface area contributed by atoms with Gasteiger partial charge in [0.25, 0.3) is 5.69 Å². The van der Waals surface area contributed by atoms with Crippen molar-refractivity contribution in [2.45, 2.75) is 20.8 Å². The maximum absolute atomic E-state index is 12.5. The topological polar surface area (TPSA) is 110 Å². The van der Waals surface area contributed by atoms with Gasteiger partial charge in [0.15, 0.2) is 0 Å². The van der Waals surface area contributed by atoms with Crippen LogP contribution in [0, 0.1) is 30.9 Å². The first-order valence-electron chi connectivity index (χ1n) is 8.09. The van der Waals surface area contributed by atoms with Crippen molar-refractivity contribution in [2.24, 2.45) is 0 Å². The van der Waals surface area contributed by atoms with Crippen LogP contribution in [0.4, 0.5) is 17.1 Å².